The van der Waals surface area contributed by atoms with Gasteiger partial charge in [0.05, 0.1) is 12.6 Å². The highest BCUT2D eigenvalue weighted by Crippen LogP contribution is 2.19. The van der Waals surface area contributed by atoms with Crippen LogP contribution >= 0.6 is 0 Å². The van der Waals surface area contributed by atoms with Crippen LogP contribution in [0.25, 0.3) is 16.7 Å². The van der Waals surface area contributed by atoms with Gasteiger partial charge in [-0.3, -0.25) is 0 Å². The molecule has 90 valence electrons. The van der Waals surface area contributed by atoms with Gasteiger partial charge in [-0.15, -0.1) is 0 Å². The van der Waals surface area contributed by atoms with Gasteiger partial charge < -0.3 is 27.0 Å². The molecule has 4 nitrogen and oxygen atoms in total. The van der Waals surface area contributed by atoms with Crippen LogP contribution in [0.2, 0.25) is 0 Å². The first-order valence-electron chi connectivity index (χ1n) is 5.42. The molecule has 1 aliphatic heterocycles. The highest BCUT2D eigenvalue weighted by Gasteiger charge is 2.17. The fourth-order valence-electron chi connectivity index (χ4n) is 1.93. The molecule has 1 unspecified atom stereocenters. The van der Waals surface area contributed by atoms with Crippen LogP contribution in [0.15, 0.2) is 34.9 Å². The molecule has 1 atom stereocenters. The molecule has 0 fully saturated rings. The molecule has 0 spiro atoms. The third-order valence-corrected chi connectivity index (χ3v) is 2.74. The molecule has 2 heterocycles. The molecule has 2 N–H and O–H groups in total. The summed E-state index contributed by atoms with van der Waals surface area (Å²) in [4.78, 5) is 5.89. The Balaban J connectivity index is 0.00000108. The average molecular weight is 252 g/mol. The Hall–Kier alpha value is -1.52. The predicted molar refractivity (Wildman–Crippen MR) is 61.7 cm³/mol. The lowest BCUT2D eigenvalue weighted by Gasteiger charge is -2.19. The lowest BCUT2D eigenvalue weighted by atomic mass is 10.2. The Labute approximate surface area is 106 Å². The summed E-state index contributed by atoms with van der Waals surface area (Å²) >= 11 is 0. The zero-order valence-corrected chi connectivity index (χ0v) is 10.3. The Morgan fingerprint density at radius 2 is 2.18 bits per heavy atom. The third kappa shape index (κ3) is 2.28. The molecule has 0 radical (unpaired) electrons. The summed E-state index contributed by atoms with van der Waals surface area (Å²) < 4.78 is 5.72. The molecule has 0 aliphatic carbocycles. The van der Waals surface area contributed by atoms with Crippen molar-refractivity contribution >= 4 is 16.7 Å². The SMILES string of the molecule is C[NH+]1CNC=C(c2nc3ccccc3o2)C1.[Cl-]. The van der Waals surface area contributed by atoms with E-state index in [-0.39, 0.29) is 12.4 Å². The maximum Gasteiger partial charge on any atom is 0.230 e. The van der Waals surface area contributed by atoms with Crippen molar-refractivity contribution in [2.75, 3.05) is 20.3 Å². The Kier molecular flexibility index (Phi) is 3.36. The second-order valence-corrected chi connectivity index (χ2v) is 4.17. The van der Waals surface area contributed by atoms with Crippen LogP contribution < -0.4 is 22.6 Å². The normalized spacial score (nSPS) is 19.4. The highest BCUT2D eigenvalue weighted by molar-refractivity contribution is 5.75. The molecule has 5 heteroatoms. The van der Waals surface area contributed by atoms with Gasteiger partial charge in [0.25, 0.3) is 0 Å². The number of halogens is 1. The van der Waals surface area contributed by atoms with E-state index in [1.54, 1.807) is 0 Å². The number of hydrogen-bond acceptors (Lipinski definition) is 3. The van der Waals surface area contributed by atoms with E-state index in [4.69, 9.17) is 4.42 Å². The smallest absolute Gasteiger partial charge is 0.230 e. The minimum Gasteiger partial charge on any atom is -1.00 e. The fourth-order valence-corrected chi connectivity index (χ4v) is 1.93. The fraction of sp³-hybridized carbons (Fsp3) is 0.250. The van der Waals surface area contributed by atoms with Crippen LogP contribution in [0.5, 0.6) is 0 Å². The standard InChI is InChI=1S/C12H13N3O.ClH/c1-15-7-9(6-13-8-15)12-14-10-4-2-3-5-11(10)16-12;/h2-6,13H,7-8H2,1H3;1H. The van der Waals surface area contributed by atoms with E-state index >= 15 is 0 Å². The van der Waals surface area contributed by atoms with Gasteiger partial charge in [0, 0.05) is 6.20 Å². The van der Waals surface area contributed by atoms with Crippen molar-refractivity contribution < 1.29 is 21.7 Å². The van der Waals surface area contributed by atoms with Crippen LogP contribution in [0.4, 0.5) is 0 Å². The van der Waals surface area contributed by atoms with Gasteiger partial charge >= 0.3 is 0 Å². The summed E-state index contributed by atoms with van der Waals surface area (Å²) in [7, 11) is 2.14. The number of oxazole rings is 1. The molecule has 0 bridgehead atoms. The van der Waals surface area contributed by atoms with Crippen LogP contribution in [-0.2, 0) is 0 Å². The van der Waals surface area contributed by atoms with E-state index in [1.807, 2.05) is 30.5 Å². The Morgan fingerprint density at radius 1 is 1.35 bits per heavy atom. The van der Waals surface area contributed by atoms with E-state index in [0.29, 0.717) is 0 Å². The van der Waals surface area contributed by atoms with Crippen LogP contribution in [-0.4, -0.2) is 25.2 Å². The van der Waals surface area contributed by atoms with Crippen molar-refractivity contribution in [3.8, 4) is 0 Å². The monoisotopic (exact) mass is 251 g/mol. The minimum absolute atomic E-state index is 0. The number of nitrogens with zero attached hydrogens (tertiary/aromatic N) is 1. The van der Waals surface area contributed by atoms with Crippen molar-refractivity contribution in [1.82, 2.24) is 10.3 Å². The first kappa shape index (κ1) is 12.0. The molecule has 1 aromatic heterocycles. The van der Waals surface area contributed by atoms with Crippen LogP contribution in [0.1, 0.15) is 5.89 Å². The summed E-state index contributed by atoms with van der Waals surface area (Å²) in [6, 6.07) is 7.84. The molecule has 2 aromatic rings. The number of quaternary nitrogens is 1. The number of fused-ring (bicyclic) bond motifs is 1. The molecule has 17 heavy (non-hydrogen) atoms. The van der Waals surface area contributed by atoms with Gasteiger partial charge in [-0.25, -0.2) is 4.98 Å². The first-order chi connectivity index (χ1) is 7.83. The van der Waals surface area contributed by atoms with E-state index in [2.05, 4.69) is 17.3 Å². The van der Waals surface area contributed by atoms with Gasteiger partial charge in [0.15, 0.2) is 5.58 Å². The zero-order valence-electron chi connectivity index (χ0n) is 9.53. The van der Waals surface area contributed by atoms with Crippen LogP contribution in [0.3, 0.4) is 0 Å². The van der Waals surface area contributed by atoms with Crippen molar-refractivity contribution in [1.29, 1.82) is 0 Å². The van der Waals surface area contributed by atoms with Gasteiger partial charge in [-0.2, -0.15) is 0 Å². The summed E-state index contributed by atoms with van der Waals surface area (Å²) in [6.45, 7) is 1.89. The van der Waals surface area contributed by atoms with Crippen molar-refractivity contribution in [2.24, 2.45) is 0 Å². The topological polar surface area (TPSA) is 42.5 Å². The molecule has 0 saturated carbocycles. The molecule has 1 aromatic carbocycles. The second kappa shape index (κ2) is 4.77. The van der Waals surface area contributed by atoms with Crippen molar-refractivity contribution in [3.63, 3.8) is 0 Å². The molecule has 0 saturated heterocycles. The second-order valence-electron chi connectivity index (χ2n) is 4.17. The molecular formula is C12H14ClN3O. The van der Waals surface area contributed by atoms with Crippen molar-refractivity contribution in [2.45, 2.75) is 0 Å². The summed E-state index contributed by atoms with van der Waals surface area (Å²) in [5, 5.41) is 3.23. The van der Waals surface area contributed by atoms with Gasteiger partial charge in [0.2, 0.25) is 5.89 Å². The third-order valence-electron chi connectivity index (χ3n) is 2.74. The molecule has 0 amide bonds. The van der Waals surface area contributed by atoms with Crippen molar-refractivity contribution in [3.05, 3.63) is 36.4 Å². The maximum atomic E-state index is 5.72. The predicted octanol–water partition coefficient (Wildman–Crippen LogP) is -2.75. The number of aromatic nitrogens is 1. The molecule has 1 aliphatic rings. The van der Waals surface area contributed by atoms with E-state index < -0.39 is 0 Å². The number of rotatable bonds is 1. The van der Waals surface area contributed by atoms with Gasteiger partial charge in [-0.1, -0.05) is 12.1 Å². The molecular weight excluding hydrogens is 238 g/mol. The maximum absolute atomic E-state index is 5.72. The summed E-state index contributed by atoms with van der Waals surface area (Å²) in [5.74, 6) is 0.729. The minimum atomic E-state index is 0. The van der Waals surface area contributed by atoms with Gasteiger partial charge in [0.1, 0.15) is 18.7 Å². The van der Waals surface area contributed by atoms with E-state index in [0.717, 1.165) is 35.8 Å². The van der Waals surface area contributed by atoms with E-state index in [9.17, 15) is 0 Å². The highest BCUT2D eigenvalue weighted by atomic mass is 35.5. The Bertz CT molecular complexity index is 516. The lowest BCUT2D eigenvalue weighted by Crippen LogP contribution is -3.11. The quantitative estimate of drug-likeness (QED) is 0.578. The molecule has 3 rings (SSSR count). The number of para-hydroxylation sites is 2. The number of hydrogen-bond donors (Lipinski definition) is 2. The average Bonchev–Trinajstić information content (AvgIpc) is 2.72. The Morgan fingerprint density at radius 3 is 2.94 bits per heavy atom. The van der Waals surface area contributed by atoms with Crippen LogP contribution in [0, 0.1) is 0 Å². The van der Waals surface area contributed by atoms with E-state index in [1.165, 1.54) is 4.90 Å². The summed E-state index contributed by atoms with van der Waals surface area (Å²) in [5.41, 5.74) is 2.89. The number of likely N-dealkylation sites (N-methyl/N-ethyl adjacent to an activating group) is 1. The largest absolute Gasteiger partial charge is 1.00 e. The first-order valence-corrected chi connectivity index (χ1v) is 5.42. The number of nitrogens with one attached hydrogen (secondary N) is 2. The van der Waals surface area contributed by atoms with Gasteiger partial charge in [-0.05, 0) is 12.1 Å². The zero-order chi connectivity index (χ0) is 11.0. The number of benzene rings is 1. The summed E-state index contributed by atoms with van der Waals surface area (Å²) in [6.07, 6.45) is 2.00. The lowest BCUT2D eigenvalue weighted by molar-refractivity contribution is -0.875.